The van der Waals surface area contributed by atoms with E-state index in [1.807, 2.05) is 0 Å². The second-order valence-electron chi connectivity index (χ2n) is 3.21. The number of hydrogen-bond donors (Lipinski definition) is 5. The third kappa shape index (κ3) is 2.94. The first-order valence-electron chi connectivity index (χ1n) is 4.49. The van der Waals surface area contributed by atoms with E-state index in [0.29, 0.717) is 0 Å². The van der Waals surface area contributed by atoms with E-state index < -0.39 is 12.0 Å². The van der Waals surface area contributed by atoms with Crippen molar-refractivity contribution in [3.8, 4) is 0 Å². The van der Waals surface area contributed by atoms with E-state index in [1.165, 1.54) is 6.92 Å². The largest absolute Gasteiger partial charge is 0.480 e. The summed E-state index contributed by atoms with van der Waals surface area (Å²) in [4.78, 5) is 18.2. The van der Waals surface area contributed by atoms with Gasteiger partial charge in [-0.1, -0.05) is 11.6 Å². The van der Waals surface area contributed by atoms with E-state index >= 15 is 0 Å². The van der Waals surface area contributed by atoms with Gasteiger partial charge in [0, 0.05) is 0 Å². The molecule has 9 heteroatoms. The molecule has 1 rings (SSSR count). The van der Waals surface area contributed by atoms with Crippen molar-refractivity contribution in [1.82, 2.24) is 9.97 Å². The average molecular weight is 259 g/mol. The number of carboxylic acid groups (broad SMARTS) is 1. The first kappa shape index (κ1) is 13.0. The summed E-state index contributed by atoms with van der Waals surface area (Å²) in [6.07, 6.45) is 0. The van der Waals surface area contributed by atoms with Crippen LogP contribution >= 0.6 is 11.6 Å². The monoisotopic (exact) mass is 258 g/mol. The van der Waals surface area contributed by atoms with Crippen LogP contribution in [0.3, 0.4) is 0 Å². The zero-order valence-corrected chi connectivity index (χ0v) is 9.62. The van der Waals surface area contributed by atoms with Gasteiger partial charge in [-0.15, -0.1) is 0 Å². The molecule has 0 spiro atoms. The SMILES string of the molecule is CC(Nc1nc(N)c(C(=N)N)nc1Cl)C(=O)O. The van der Waals surface area contributed by atoms with E-state index in [9.17, 15) is 4.79 Å². The van der Waals surface area contributed by atoms with Gasteiger partial charge in [0.2, 0.25) is 0 Å². The number of anilines is 2. The molecular formula is C8H11ClN6O2. The van der Waals surface area contributed by atoms with Gasteiger partial charge in [0.25, 0.3) is 0 Å². The van der Waals surface area contributed by atoms with E-state index in [0.717, 1.165) is 0 Å². The van der Waals surface area contributed by atoms with Crippen LogP contribution in [0.15, 0.2) is 0 Å². The molecule has 92 valence electrons. The number of aromatic nitrogens is 2. The van der Waals surface area contributed by atoms with Gasteiger partial charge >= 0.3 is 5.97 Å². The Kier molecular flexibility index (Phi) is 3.69. The molecule has 1 heterocycles. The average Bonchev–Trinajstić information content (AvgIpc) is 2.22. The lowest BCUT2D eigenvalue weighted by Gasteiger charge is -2.12. The van der Waals surface area contributed by atoms with Crippen molar-refractivity contribution < 1.29 is 9.90 Å². The van der Waals surface area contributed by atoms with Gasteiger partial charge in [0.1, 0.15) is 17.6 Å². The van der Waals surface area contributed by atoms with Crippen LogP contribution in [0, 0.1) is 5.41 Å². The van der Waals surface area contributed by atoms with Gasteiger partial charge in [0.05, 0.1) is 0 Å². The number of nitrogens with one attached hydrogen (secondary N) is 2. The van der Waals surface area contributed by atoms with Crippen molar-refractivity contribution in [1.29, 1.82) is 5.41 Å². The van der Waals surface area contributed by atoms with Crippen LogP contribution in [0.2, 0.25) is 5.15 Å². The summed E-state index contributed by atoms with van der Waals surface area (Å²) in [5.41, 5.74) is 10.7. The Balaban J connectivity index is 3.08. The molecule has 17 heavy (non-hydrogen) atoms. The molecular weight excluding hydrogens is 248 g/mol. The second kappa shape index (κ2) is 4.83. The van der Waals surface area contributed by atoms with Crippen LogP contribution < -0.4 is 16.8 Å². The molecule has 7 N–H and O–H groups in total. The first-order chi connectivity index (χ1) is 7.82. The Labute approximate surface area is 102 Å². The molecule has 1 atom stereocenters. The molecule has 0 aliphatic carbocycles. The highest BCUT2D eigenvalue weighted by Gasteiger charge is 2.16. The minimum atomic E-state index is -1.07. The molecule has 0 radical (unpaired) electrons. The summed E-state index contributed by atoms with van der Waals surface area (Å²) < 4.78 is 0. The van der Waals surface area contributed by atoms with Gasteiger partial charge < -0.3 is 21.9 Å². The van der Waals surface area contributed by atoms with Crippen molar-refractivity contribution in [2.75, 3.05) is 11.1 Å². The molecule has 0 bridgehead atoms. The third-order valence-corrected chi connectivity index (χ3v) is 2.12. The molecule has 0 saturated heterocycles. The van der Waals surface area contributed by atoms with Gasteiger partial charge in [-0.3, -0.25) is 10.2 Å². The molecule has 0 fully saturated rings. The minimum Gasteiger partial charge on any atom is -0.480 e. The Morgan fingerprint density at radius 1 is 1.59 bits per heavy atom. The summed E-state index contributed by atoms with van der Waals surface area (Å²) in [7, 11) is 0. The minimum absolute atomic E-state index is 0.0315. The summed E-state index contributed by atoms with van der Waals surface area (Å²) in [5.74, 6) is -1.50. The maximum atomic E-state index is 10.6. The maximum Gasteiger partial charge on any atom is 0.325 e. The summed E-state index contributed by atoms with van der Waals surface area (Å²) in [6.45, 7) is 1.41. The first-order valence-corrected chi connectivity index (χ1v) is 4.87. The predicted octanol–water partition coefficient (Wildman–Crippen LogP) is -0.119. The van der Waals surface area contributed by atoms with Gasteiger partial charge in [0.15, 0.2) is 16.8 Å². The number of nitrogen functional groups attached to an aromatic ring is 2. The topological polar surface area (TPSA) is 151 Å². The van der Waals surface area contributed by atoms with E-state index in [1.54, 1.807) is 0 Å². The Hall–Kier alpha value is -2.09. The fourth-order valence-corrected chi connectivity index (χ4v) is 1.17. The number of aliphatic carboxylic acids is 1. The number of halogens is 1. The highest BCUT2D eigenvalue weighted by molar-refractivity contribution is 6.32. The van der Waals surface area contributed by atoms with Gasteiger partial charge in [-0.25, -0.2) is 9.97 Å². The van der Waals surface area contributed by atoms with Crippen LogP contribution in [0.25, 0.3) is 0 Å². The number of nitrogens with zero attached hydrogens (tertiary/aromatic N) is 2. The summed E-state index contributed by atoms with van der Waals surface area (Å²) in [6, 6.07) is -0.899. The second-order valence-corrected chi connectivity index (χ2v) is 3.57. The van der Waals surface area contributed by atoms with E-state index in [2.05, 4.69) is 15.3 Å². The molecule has 8 nitrogen and oxygen atoms in total. The Morgan fingerprint density at radius 3 is 2.65 bits per heavy atom. The fourth-order valence-electron chi connectivity index (χ4n) is 0.985. The molecule has 0 saturated carbocycles. The lowest BCUT2D eigenvalue weighted by molar-refractivity contribution is -0.137. The van der Waals surface area contributed by atoms with Crippen molar-refractivity contribution in [3.63, 3.8) is 0 Å². The molecule has 0 aromatic carbocycles. The third-order valence-electron chi connectivity index (χ3n) is 1.86. The molecule has 1 aromatic heterocycles. The van der Waals surface area contributed by atoms with Crippen molar-refractivity contribution in [2.24, 2.45) is 5.73 Å². The molecule has 1 unspecified atom stereocenters. The van der Waals surface area contributed by atoms with Crippen LogP contribution in [-0.4, -0.2) is 32.9 Å². The molecule has 0 aliphatic heterocycles. The van der Waals surface area contributed by atoms with Gasteiger partial charge in [-0.05, 0) is 6.92 Å². The maximum absolute atomic E-state index is 10.6. The lowest BCUT2D eigenvalue weighted by Crippen LogP contribution is -2.27. The number of carbonyl (C=O) groups is 1. The van der Waals surface area contributed by atoms with Crippen LogP contribution in [0.4, 0.5) is 11.6 Å². The van der Waals surface area contributed by atoms with E-state index in [4.69, 9.17) is 33.6 Å². The van der Waals surface area contributed by atoms with Crippen molar-refractivity contribution in [2.45, 2.75) is 13.0 Å². The standard InChI is InChI=1S/C8H11ClN6O2/c1-2(8(16)17)13-7-4(9)14-3(5(10)11)6(12)15-7/h2H,1H3,(H3,10,11)(H,16,17)(H3,12,13,15). The number of hydrogen-bond acceptors (Lipinski definition) is 6. The van der Waals surface area contributed by atoms with Crippen molar-refractivity contribution in [3.05, 3.63) is 10.8 Å². The number of nitrogens with two attached hydrogens (primary N) is 2. The fraction of sp³-hybridized carbons (Fsp3) is 0.250. The van der Waals surface area contributed by atoms with Crippen molar-refractivity contribution >= 4 is 35.0 Å². The quantitative estimate of drug-likeness (QED) is 0.373. The summed E-state index contributed by atoms with van der Waals surface area (Å²) >= 11 is 5.76. The van der Waals surface area contributed by atoms with Gasteiger partial charge in [-0.2, -0.15) is 0 Å². The highest BCUT2D eigenvalue weighted by Crippen LogP contribution is 2.20. The molecule has 1 aromatic rings. The number of carboxylic acids is 1. The zero-order valence-electron chi connectivity index (χ0n) is 8.86. The summed E-state index contributed by atoms with van der Waals surface area (Å²) in [5, 5.41) is 18.3. The van der Waals surface area contributed by atoms with E-state index in [-0.39, 0.29) is 28.3 Å². The van der Waals surface area contributed by atoms with Crippen LogP contribution in [-0.2, 0) is 4.79 Å². The lowest BCUT2D eigenvalue weighted by atomic mass is 10.3. The van der Waals surface area contributed by atoms with Crippen LogP contribution in [0.1, 0.15) is 12.6 Å². The smallest absolute Gasteiger partial charge is 0.325 e. The zero-order chi connectivity index (χ0) is 13.2. The predicted molar refractivity (Wildman–Crippen MR) is 63.2 cm³/mol. The Bertz CT molecular complexity index is 477. The molecule has 0 amide bonds. The normalized spacial score (nSPS) is 11.9. The Morgan fingerprint density at radius 2 is 2.18 bits per heavy atom. The highest BCUT2D eigenvalue weighted by atomic mass is 35.5. The van der Waals surface area contributed by atoms with Crippen LogP contribution in [0.5, 0.6) is 0 Å². The number of rotatable bonds is 4. The number of amidine groups is 1. The molecule has 0 aliphatic rings.